The highest BCUT2D eigenvalue weighted by atomic mass is 19.1. The van der Waals surface area contributed by atoms with Gasteiger partial charge in [0.05, 0.1) is 5.60 Å². The van der Waals surface area contributed by atoms with Gasteiger partial charge in [0.15, 0.2) is 0 Å². The minimum Gasteiger partial charge on any atom is -0.390 e. The summed E-state index contributed by atoms with van der Waals surface area (Å²) in [5.41, 5.74) is 0.932. The molecule has 1 aromatic rings. The van der Waals surface area contributed by atoms with Crippen molar-refractivity contribution in [2.75, 3.05) is 0 Å². The molecule has 0 aromatic heterocycles. The lowest BCUT2D eigenvalue weighted by molar-refractivity contribution is -0.152. The summed E-state index contributed by atoms with van der Waals surface area (Å²) in [6, 6.07) is 6.96. The second kappa shape index (κ2) is 4.56. The van der Waals surface area contributed by atoms with E-state index >= 15 is 0 Å². The summed E-state index contributed by atoms with van der Waals surface area (Å²) >= 11 is 0. The van der Waals surface area contributed by atoms with E-state index in [4.69, 9.17) is 0 Å². The van der Waals surface area contributed by atoms with E-state index in [0.717, 1.165) is 49.4 Å². The maximum absolute atomic E-state index is 12.9. The molecule has 0 aliphatic heterocycles. The predicted octanol–water partition coefficient (Wildman–Crippen LogP) is 3.95. The lowest BCUT2D eigenvalue weighted by Crippen LogP contribution is -2.54. The number of hydrogen-bond donors (Lipinski definition) is 1. The van der Waals surface area contributed by atoms with E-state index in [1.165, 1.54) is 24.8 Å². The number of halogens is 1. The van der Waals surface area contributed by atoms with Gasteiger partial charge in [0, 0.05) is 0 Å². The van der Waals surface area contributed by atoms with Gasteiger partial charge in [0.1, 0.15) is 5.82 Å². The molecule has 20 heavy (non-hydrogen) atoms. The van der Waals surface area contributed by atoms with Crippen LogP contribution in [0.5, 0.6) is 0 Å². The van der Waals surface area contributed by atoms with Crippen molar-refractivity contribution in [1.82, 2.24) is 0 Å². The number of aryl methyl sites for hydroxylation is 1. The third-order valence-corrected chi connectivity index (χ3v) is 6.12. The molecule has 4 saturated carbocycles. The van der Waals surface area contributed by atoms with Crippen LogP contribution in [0.2, 0.25) is 0 Å². The minimum absolute atomic E-state index is 0.148. The quantitative estimate of drug-likeness (QED) is 0.885. The fourth-order valence-corrected chi connectivity index (χ4v) is 5.54. The third-order valence-electron chi connectivity index (χ3n) is 6.12. The lowest BCUT2D eigenvalue weighted by atomic mass is 9.49. The Labute approximate surface area is 120 Å². The maximum Gasteiger partial charge on any atom is 0.123 e. The first-order valence-corrected chi connectivity index (χ1v) is 8.08. The Morgan fingerprint density at radius 1 is 1.05 bits per heavy atom. The van der Waals surface area contributed by atoms with Crippen LogP contribution in [0.3, 0.4) is 0 Å². The predicted molar refractivity (Wildman–Crippen MR) is 76.7 cm³/mol. The Hall–Kier alpha value is -0.890. The molecular weight excluding hydrogens is 251 g/mol. The van der Waals surface area contributed by atoms with Gasteiger partial charge in [-0.2, -0.15) is 0 Å². The van der Waals surface area contributed by atoms with Gasteiger partial charge in [-0.25, -0.2) is 4.39 Å². The Morgan fingerprint density at radius 2 is 1.70 bits per heavy atom. The lowest BCUT2D eigenvalue weighted by Gasteiger charge is -2.58. The molecule has 4 bridgehead atoms. The molecule has 2 atom stereocenters. The molecule has 4 fully saturated rings. The third kappa shape index (κ3) is 2.18. The van der Waals surface area contributed by atoms with Gasteiger partial charge in [-0.3, -0.25) is 0 Å². The molecule has 4 aliphatic rings. The zero-order valence-electron chi connectivity index (χ0n) is 11.9. The standard InChI is InChI=1S/C18H23FO/c19-16-4-1-12(2-5-16)3-6-17-14-7-13-8-15(17)11-18(20,9-13)10-14/h1-2,4-5,13-15,17,20H,3,6-11H2. The number of benzene rings is 1. The molecule has 4 aliphatic carbocycles. The number of aliphatic hydroxyl groups is 1. The highest BCUT2D eigenvalue weighted by Crippen LogP contribution is 2.59. The molecule has 0 spiro atoms. The SMILES string of the molecule is OC12CC3CC(C1)C(CCc1ccc(F)cc1)C(C3)C2. The Kier molecular flexibility index (Phi) is 2.92. The Balaban J connectivity index is 1.44. The molecular formula is C18H23FO. The van der Waals surface area contributed by atoms with E-state index in [-0.39, 0.29) is 11.4 Å². The molecule has 0 heterocycles. The minimum atomic E-state index is -0.317. The highest BCUT2D eigenvalue weighted by Gasteiger charge is 2.54. The van der Waals surface area contributed by atoms with Crippen molar-refractivity contribution >= 4 is 0 Å². The van der Waals surface area contributed by atoms with Crippen LogP contribution in [0.4, 0.5) is 4.39 Å². The van der Waals surface area contributed by atoms with Crippen molar-refractivity contribution in [3.8, 4) is 0 Å². The molecule has 2 heteroatoms. The highest BCUT2D eigenvalue weighted by molar-refractivity contribution is 5.16. The molecule has 1 aromatic carbocycles. The fourth-order valence-electron chi connectivity index (χ4n) is 5.54. The zero-order valence-corrected chi connectivity index (χ0v) is 11.9. The van der Waals surface area contributed by atoms with E-state index in [1.807, 2.05) is 12.1 Å². The average molecular weight is 274 g/mol. The van der Waals surface area contributed by atoms with E-state index in [2.05, 4.69) is 0 Å². The van der Waals surface area contributed by atoms with E-state index < -0.39 is 0 Å². The molecule has 0 radical (unpaired) electrons. The van der Waals surface area contributed by atoms with Crippen LogP contribution in [0.25, 0.3) is 0 Å². The molecule has 2 unspecified atom stereocenters. The first-order valence-electron chi connectivity index (χ1n) is 8.08. The van der Waals surface area contributed by atoms with Crippen LogP contribution in [-0.2, 0) is 6.42 Å². The number of rotatable bonds is 3. The van der Waals surface area contributed by atoms with E-state index in [9.17, 15) is 9.50 Å². The zero-order chi connectivity index (χ0) is 13.7. The van der Waals surface area contributed by atoms with Crippen LogP contribution < -0.4 is 0 Å². The molecule has 1 N–H and O–H groups in total. The van der Waals surface area contributed by atoms with Crippen LogP contribution in [-0.4, -0.2) is 10.7 Å². The van der Waals surface area contributed by atoms with Crippen LogP contribution in [0.1, 0.15) is 44.1 Å². The van der Waals surface area contributed by atoms with Crippen LogP contribution >= 0.6 is 0 Å². The summed E-state index contributed by atoms with van der Waals surface area (Å²) in [7, 11) is 0. The second-order valence-corrected chi connectivity index (χ2v) is 7.52. The topological polar surface area (TPSA) is 20.2 Å². The van der Waals surface area contributed by atoms with Crippen LogP contribution in [0, 0.1) is 29.5 Å². The smallest absolute Gasteiger partial charge is 0.123 e. The summed E-state index contributed by atoms with van der Waals surface area (Å²) in [5, 5.41) is 10.6. The second-order valence-electron chi connectivity index (χ2n) is 7.52. The summed E-state index contributed by atoms with van der Waals surface area (Å²) < 4.78 is 12.9. The van der Waals surface area contributed by atoms with Gasteiger partial charge in [-0.05, 0) is 86.3 Å². The summed E-state index contributed by atoms with van der Waals surface area (Å²) in [5.74, 6) is 2.92. The normalized spacial score (nSPS) is 42.1. The maximum atomic E-state index is 12.9. The van der Waals surface area contributed by atoms with Crippen molar-refractivity contribution in [2.45, 2.75) is 50.5 Å². The van der Waals surface area contributed by atoms with Gasteiger partial charge >= 0.3 is 0 Å². The molecule has 5 rings (SSSR count). The van der Waals surface area contributed by atoms with Crippen molar-refractivity contribution in [3.05, 3.63) is 35.6 Å². The molecule has 0 amide bonds. The summed E-state index contributed by atoms with van der Waals surface area (Å²) in [6.07, 6.45) is 8.08. The Bertz CT molecular complexity index is 479. The molecule has 108 valence electrons. The van der Waals surface area contributed by atoms with Crippen LogP contribution in [0.15, 0.2) is 24.3 Å². The van der Waals surface area contributed by atoms with E-state index in [1.54, 1.807) is 12.1 Å². The van der Waals surface area contributed by atoms with Crippen molar-refractivity contribution in [3.63, 3.8) is 0 Å². The van der Waals surface area contributed by atoms with Gasteiger partial charge in [0.25, 0.3) is 0 Å². The van der Waals surface area contributed by atoms with Gasteiger partial charge in [0.2, 0.25) is 0 Å². The van der Waals surface area contributed by atoms with Gasteiger partial charge in [-0.15, -0.1) is 0 Å². The monoisotopic (exact) mass is 274 g/mol. The average Bonchev–Trinajstić information content (AvgIpc) is 2.38. The molecule has 0 saturated heterocycles. The number of hydrogen-bond acceptors (Lipinski definition) is 1. The fraction of sp³-hybridized carbons (Fsp3) is 0.667. The Morgan fingerprint density at radius 3 is 2.30 bits per heavy atom. The molecule has 1 nitrogen and oxygen atoms in total. The van der Waals surface area contributed by atoms with Crippen molar-refractivity contribution in [2.24, 2.45) is 23.7 Å². The summed E-state index contributed by atoms with van der Waals surface area (Å²) in [4.78, 5) is 0. The largest absolute Gasteiger partial charge is 0.390 e. The first-order chi connectivity index (χ1) is 9.61. The van der Waals surface area contributed by atoms with Crippen molar-refractivity contribution in [1.29, 1.82) is 0 Å². The first kappa shape index (κ1) is 12.8. The summed E-state index contributed by atoms with van der Waals surface area (Å²) in [6.45, 7) is 0. The van der Waals surface area contributed by atoms with E-state index in [0.29, 0.717) is 0 Å². The van der Waals surface area contributed by atoms with Gasteiger partial charge in [-0.1, -0.05) is 12.1 Å². The van der Waals surface area contributed by atoms with Gasteiger partial charge < -0.3 is 5.11 Å². The van der Waals surface area contributed by atoms with Crippen molar-refractivity contribution < 1.29 is 9.50 Å².